The first-order chi connectivity index (χ1) is 10.6. The summed E-state index contributed by atoms with van der Waals surface area (Å²) >= 11 is 5.12. The standard InChI is InChI=1S/C13H9N5O3S/c19-18(20)10-5-3-9(4-6-10)8-14-17-12(15-16-13(17)22)11-2-1-7-21-11/h1-8H,(H,16,22)/b14-8+. The fraction of sp³-hybridized carbons (Fsp3) is 0. The highest BCUT2D eigenvalue weighted by Crippen LogP contribution is 2.17. The Morgan fingerprint density at radius 1 is 1.36 bits per heavy atom. The SMILES string of the molecule is O=[N+]([O-])c1ccc(/C=N/n2c(-c3ccco3)n[nH]c2=S)cc1. The second kappa shape index (κ2) is 5.74. The molecule has 2 aromatic heterocycles. The maximum absolute atomic E-state index is 10.6. The van der Waals surface area contributed by atoms with Gasteiger partial charge in [-0.05, 0) is 42.0 Å². The third-order valence-corrected chi connectivity index (χ3v) is 3.08. The minimum atomic E-state index is -0.456. The van der Waals surface area contributed by atoms with Gasteiger partial charge in [-0.2, -0.15) is 9.78 Å². The quantitative estimate of drug-likeness (QED) is 0.345. The Morgan fingerprint density at radius 3 is 2.77 bits per heavy atom. The summed E-state index contributed by atoms with van der Waals surface area (Å²) in [5, 5.41) is 21.5. The van der Waals surface area contributed by atoms with Crippen LogP contribution in [-0.4, -0.2) is 26.0 Å². The van der Waals surface area contributed by atoms with Crippen molar-refractivity contribution in [2.45, 2.75) is 0 Å². The van der Waals surface area contributed by atoms with Crippen LogP contribution in [0.4, 0.5) is 5.69 Å². The number of aromatic nitrogens is 3. The van der Waals surface area contributed by atoms with E-state index in [-0.39, 0.29) is 5.69 Å². The molecule has 0 atom stereocenters. The van der Waals surface area contributed by atoms with Gasteiger partial charge in [0.05, 0.1) is 17.4 Å². The molecule has 0 saturated carbocycles. The number of non-ortho nitro benzene ring substituents is 1. The highest BCUT2D eigenvalue weighted by molar-refractivity contribution is 7.71. The van der Waals surface area contributed by atoms with Gasteiger partial charge in [-0.15, -0.1) is 5.10 Å². The summed E-state index contributed by atoms with van der Waals surface area (Å²) in [6.45, 7) is 0. The molecule has 9 heteroatoms. The Morgan fingerprint density at radius 2 is 2.14 bits per heavy atom. The average molecular weight is 315 g/mol. The van der Waals surface area contributed by atoms with Gasteiger partial charge in [-0.1, -0.05) is 0 Å². The Kier molecular flexibility index (Phi) is 3.62. The number of hydrogen-bond acceptors (Lipinski definition) is 6. The maximum Gasteiger partial charge on any atom is 0.269 e. The van der Waals surface area contributed by atoms with Crippen LogP contribution in [0.25, 0.3) is 11.6 Å². The summed E-state index contributed by atoms with van der Waals surface area (Å²) in [6, 6.07) is 9.48. The van der Waals surface area contributed by atoms with E-state index in [1.807, 2.05) is 0 Å². The lowest BCUT2D eigenvalue weighted by atomic mass is 10.2. The van der Waals surface area contributed by atoms with Crippen molar-refractivity contribution in [2.75, 3.05) is 0 Å². The van der Waals surface area contributed by atoms with Gasteiger partial charge in [0.15, 0.2) is 5.76 Å². The predicted molar refractivity (Wildman–Crippen MR) is 81.2 cm³/mol. The lowest BCUT2D eigenvalue weighted by Gasteiger charge is -1.97. The first-order valence-electron chi connectivity index (χ1n) is 6.15. The van der Waals surface area contributed by atoms with Gasteiger partial charge in [0.1, 0.15) is 0 Å². The van der Waals surface area contributed by atoms with Gasteiger partial charge in [-0.25, -0.2) is 5.10 Å². The van der Waals surface area contributed by atoms with Crippen LogP contribution >= 0.6 is 12.2 Å². The molecule has 0 spiro atoms. The number of benzene rings is 1. The van der Waals surface area contributed by atoms with Gasteiger partial charge in [0, 0.05) is 12.1 Å². The number of nitro groups is 1. The minimum absolute atomic E-state index is 0.0216. The fourth-order valence-electron chi connectivity index (χ4n) is 1.77. The van der Waals surface area contributed by atoms with Gasteiger partial charge < -0.3 is 4.42 Å². The van der Waals surface area contributed by atoms with Crippen LogP contribution in [0.2, 0.25) is 0 Å². The number of nitrogens with zero attached hydrogens (tertiary/aromatic N) is 4. The summed E-state index contributed by atoms with van der Waals surface area (Å²) < 4.78 is 6.99. The molecule has 0 saturated heterocycles. The molecule has 3 rings (SSSR count). The van der Waals surface area contributed by atoms with Crippen LogP contribution < -0.4 is 0 Å². The zero-order valence-corrected chi connectivity index (χ0v) is 11.9. The van der Waals surface area contributed by atoms with Crippen LogP contribution in [0, 0.1) is 14.9 Å². The van der Waals surface area contributed by atoms with Gasteiger partial charge >= 0.3 is 0 Å². The molecule has 1 aromatic carbocycles. The first kappa shape index (κ1) is 13.9. The Hall–Kier alpha value is -3.07. The molecule has 0 radical (unpaired) electrons. The molecule has 0 fully saturated rings. The molecule has 0 unspecified atom stereocenters. The highest BCUT2D eigenvalue weighted by atomic mass is 32.1. The largest absolute Gasteiger partial charge is 0.461 e. The van der Waals surface area contributed by atoms with Crippen molar-refractivity contribution in [1.82, 2.24) is 14.9 Å². The van der Waals surface area contributed by atoms with Gasteiger partial charge in [0.2, 0.25) is 10.6 Å². The van der Waals surface area contributed by atoms with Crippen molar-refractivity contribution in [1.29, 1.82) is 0 Å². The van der Waals surface area contributed by atoms with E-state index in [2.05, 4.69) is 15.3 Å². The summed E-state index contributed by atoms with van der Waals surface area (Å²) in [5.41, 5.74) is 0.715. The van der Waals surface area contributed by atoms with Crippen molar-refractivity contribution in [3.63, 3.8) is 0 Å². The lowest BCUT2D eigenvalue weighted by Crippen LogP contribution is -1.94. The fourth-order valence-corrected chi connectivity index (χ4v) is 1.95. The van der Waals surface area contributed by atoms with Crippen LogP contribution in [0.1, 0.15) is 5.56 Å². The molecule has 2 heterocycles. The van der Waals surface area contributed by atoms with E-state index in [1.165, 1.54) is 29.3 Å². The van der Waals surface area contributed by atoms with Crippen molar-refractivity contribution in [3.05, 3.63) is 63.1 Å². The summed E-state index contributed by atoms with van der Waals surface area (Å²) in [4.78, 5) is 10.2. The van der Waals surface area contributed by atoms with Gasteiger partial charge in [-0.3, -0.25) is 10.1 Å². The van der Waals surface area contributed by atoms with E-state index in [9.17, 15) is 10.1 Å². The molecule has 110 valence electrons. The number of H-pyrrole nitrogens is 1. The van der Waals surface area contributed by atoms with E-state index < -0.39 is 4.92 Å². The number of furan rings is 1. The second-order valence-electron chi connectivity index (χ2n) is 4.23. The molecule has 1 N–H and O–H groups in total. The van der Waals surface area contributed by atoms with Crippen molar-refractivity contribution in [2.24, 2.45) is 5.10 Å². The number of rotatable bonds is 4. The summed E-state index contributed by atoms with van der Waals surface area (Å²) in [6.07, 6.45) is 3.05. The molecule has 0 bridgehead atoms. The van der Waals surface area contributed by atoms with Crippen LogP contribution in [0.5, 0.6) is 0 Å². The molecule has 0 aliphatic carbocycles. The first-order valence-corrected chi connectivity index (χ1v) is 6.56. The molecule has 22 heavy (non-hydrogen) atoms. The molecular formula is C13H9N5O3S. The van der Waals surface area contributed by atoms with Crippen LogP contribution in [0.15, 0.2) is 52.2 Å². The van der Waals surface area contributed by atoms with Crippen LogP contribution in [0.3, 0.4) is 0 Å². The van der Waals surface area contributed by atoms with Crippen LogP contribution in [-0.2, 0) is 0 Å². The predicted octanol–water partition coefficient (Wildman–Crippen LogP) is 2.99. The number of nitrogens with one attached hydrogen (secondary N) is 1. The third-order valence-electron chi connectivity index (χ3n) is 2.82. The molecule has 0 aliphatic heterocycles. The van der Waals surface area contributed by atoms with E-state index in [1.54, 1.807) is 24.3 Å². The third kappa shape index (κ3) is 2.69. The Labute approximate surface area is 128 Å². The van der Waals surface area contributed by atoms with Crippen molar-refractivity contribution in [3.8, 4) is 11.6 Å². The number of aromatic amines is 1. The minimum Gasteiger partial charge on any atom is -0.461 e. The highest BCUT2D eigenvalue weighted by Gasteiger charge is 2.10. The van der Waals surface area contributed by atoms with E-state index >= 15 is 0 Å². The summed E-state index contributed by atoms with van der Waals surface area (Å²) in [7, 11) is 0. The summed E-state index contributed by atoms with van der Waals surface area (Å²) in [5.74, 6) is 0.960. The average Bonchev–Trinajstić information content (AvgIpc) is 3.15. The second-order valence-corrected chi connectivity index (χ2v) is 4.62. The van der Waals surface area contributed by atoms with E-state index in [0.717, 1.165) is 0 Å². The zero-order chi connectivity index (χ0) is 15.5. The number of hydrogen-bond donors (Lipinski definition) is 1. The topological polar surface area (TPSA) is 102 Å². The normalized spacial score (nSPS) is 11.1. The molecule has 3 aromatic rings. The lowest BCUT2D eigenvalue weighted by molar-refractivity contribution is -0.384. The monoisotopic (exact) mass is 315 g/mol. The maximum atomic E-state index is 10.6. The molecular weight excluding hydrogens is 306 g/mol. The number of nitro benzene ring substituents is 1. The van der Waals surface area contributed by atoms with Crippen molar-refractivity contribution >= 4 is 24.1 Å². The van der Waals surface area contributed by atoms with E-state index in [0.29, 0.717) is 21.9 Å². The smallest absolute Gasteiger partial charge is 0.269 e. The molecule has 0 amide bonds. The van der Waals surface area contributed by atoms with Crippen molar-refractivity contribution < 1.29 is 9.34 Å². The molecule has 8 nitrogen and oxygen atoms in total. The zero-order valence-electron chi connectivity index (χ0n) is 11.0. The molecule has 0 aliphatic rings. The van der Waals surface area contributed by atoms with Gasteiger partial charge in [0.25, 0.3) is 5.69 Å². The van der Waals surface area contributed by atoms with E-state index in [4.69, 9.17) is 16.6 Å². The Balaban J connectivity index is 1.91. The Bertz CT molecular complexity index is 877.